The molecule has 5 nitrogen and oxygen atoms in total. The fourth-order valence-corrected chi connectivity index (χ4v) is 2.53. The van der Waals surface area contributed by atoms with E-state index in [0.29, 0.717) is 11.5 Å². The van der Waals surface area contributed by atoms with Gasteiger partial charge in [-0.05, 0) is 35.0 Å². The molecule has 1 aromatic carbocycles. The van der Waals surface area contributed by atoms with Crippen molar-refractivity contribution in [2.45, 2.75) is 6.92 Å². The minimum absolute atomic E-state index is 0.673. The smallest absolute Gasteiger partial charge is 0.146 e. The van der Waals surface area contributed by atoms with Gasteiger partial charge < -0.3 is 14.8 Å². The lowest BCUT2D eigenvalue weighted by Gasteiger charge is -2.13. The fourth-order valence-electron chi connectivity index (χ4n) is 1.86. The summed E-state index contributed by atoms with van der Waals surface area (Å²) in [6.07, 6.45) is 3.40. The molecule has 1 aromatic heterocycles. The van der Waals surface area contributed by atoms with Crippen LogP contribution >= 0.6 is 15.9 Å². The monoisotopic (exact) mass is 337 g/mol. The van der Waals surface area contributed by atoms with Crippen LogP contribution in [0.1, 0.15) is 6.92 Å². The van der Waals surface area contributed by atoms with Gasteiger partial charge >= 0.3 is 0 Å². The summed E-state index contributed by atoms with van der Waals surface area (Å²) >= 11 is 3.49. The second-order valence-electron chi connectivity index (χ2n) is 3.98. The average molecular weight is 338 g/mol. The van der Waals surface area contributed by atoms with Crippen molar-refractivity contribution in [1.29, 1.82) is 0 Å². The topological polar surface area (TPSA) is 56.3 Å². The molecule has 6 heteroatoms. The molecule has 0 unspecified atom stereocenters. The number of rotatable bonds is 5. The molecule has 1 heterocycles. The molecule has 0 spiro atoms. The van der Waals surface area contributed by atoms with Gasteiger partial charge in [0.25, 0.3) is 0 Å². The SMILES string of the molecule is CCNc1cncc(-c2ccc(OC)c(Br)c2OC)n1. The van der Waals surface area contributed by atoms with Gasteiger partial charge in [0, 0.05) is 12.1 Å². The van der Waals surface area contributed by atoms with Gasteiger partial charge in [-0.1, -0.05) is 0 Å². The lowest BCUT2D eigenvalue weighted by Crippen LogP contribution is -2.01. The zero-order chi connectivity index (χ0) is 14.5. The van der Waals surface area contributed by atoms with E-state index < -0.39 is 0 Å². The van der Waals surface area contributed by atoms with Gasteiger partial charge in [-0.15, -0.1) is 0 Å². The Balaban J connectivity index is 2.52. The number of methoxy groups -OCH3 is 2. The Morgan fingerprint density at radius 3 is 2.65 bits per heavy atom. The molecule has 0 saturated heterocycles. The highest BCUT2D eigenvalue weighted by Gasteiger charge is 2.15. The second-order valence-corrected chi connectivity index (χ2v) is 4.78. The van der Waals surface area contributed by atoms with Crippen molar-refractivity contribution >= 4 is 21.7 Å². The molecular weight excluding hydrogens is 322 g/mol. The van der Waals surface area contributed by atoms with Crippen molar-refractivity contribution in [3.05, 3.63) is 29.0 Å². The largest absolute Gasteiger partial charge is 0.495 e. The number of ether oxygens (including phenoxy) is 2. The zero-order valence-electron chi connectivity index (χ0n) is 11.6. The molecule has 0 saturated carbocycles. The molecule has 0 bridgehead atoms. The maximum Gasteiger partial charge on any atom is 0.146 e. The fraction of sp³-hybridized carbons (Fsp3) is 0.286. The Kier molecular flexibility index (Phi) is 4.79. The number of hydrogen-bond donors (Lipinski definition) is 1. The number of anilines is 1. The van der Waals surface area contributed by atoms with Crippen LogP contribution in [0.4, 0.5) is 5.82 Å². The molecule has 1 N–H and O–H groups in total. The van der Waals surface area contributed by atoms with Crippen molar-refractivity contribution in [1.82, 2.24) is 9.97 Å². The molecular formula is C14H16BrN3O2. The molecule has 0 aliphatic rings. The van der Waals surface area contributed by atoms with Crippen molar-refractivity contribution in [3.8, 4) is 22.8 Å². The minimum Gasteiger partial charge on any atom is -0.495 e. The van der Waals surface area contributed by atoms with Gasteiger partial charge in [0.1, 0.15) is 21.8 Å². The molecule has 0 amide bonds. The highest BCUT2D eigenvalue weighted by molar-refractivity contribution is 9.10. The highest BCUT2D eigenvalue weighted by atomic mass is 79.9. The second kappa shape index (κ2) is 6.56. The van der Waals surface area contributed by atoms with Crippen molar-refractivity contribution in [2.24, 2.45) is 0 Å². The first kappa shape index (κ1) is 14.6. The van der Waals surface area contributed by atoms with Crippen LogP contribution in [-0.4, -0.2) is 30.7 Å². The summed E-state index contributed by atoms with van der Waals surface area (Å²) in [5, 5.41) is 3.14. The Hall–Kier alpha value is -1.82. The summed E-state index contributed by atoms with van der Waals surface area (Å²) < 4.78 is 11.5. The number of nitrogens with zero attached hydrogens (tertiary/aromatic N) is 2. The molecule has 0 aliphatic heterocycles. The minimum atomic E-state index is 0.673. The van der Waals surface area contributed by atoms with E-state index in [1.807, 2.05) is 19.1 Å². The molecule has 20 heavy (non-hydrogen) atoms. The first-order valence-corrected chi connectivity index (χ1v) is 6.97. The third kappa shape index (κ3) is 2.85. The Bertz CT molecular complexity index is 605. The van der Waals surface area contributed by atoms with Crippen LogP contribution in [0, 0.1) is 0 Å². The molecule has 0 fully saturated rings. The molecule has 106 valence electrons. The molecule has 2 rings (SSSR count). The first-order valence-electron chi connectivity index (χ1n) is 6.18. The quantitative estimate of drug-likeness (QED) is 0.906. The van der Waals surface area contributed by atoms with E-state index >= 15 is 0 Å². The maximum atomic E-state index is 5.46. The van der Waals surface area contributed by atoms with Gasteiger partial charge in [0.15, 0.2) is 0 Å². The summed E-state index contributed by atoms with van der Waals surface area (Å²) in [4.78, 5) is 8.72. The molecule has 0 aliphatic carbocycles. The molecule has 0 atom stereocenters. The van der Waals surface area contributed by atoms with Gasteiger partial charge in [0.2, 0.25) is 0 Å². The maximum absolute atomic E-state index is 5.46. The average Bonchev–Trinajstić information content (AvgIpc) is 2.47. The normalized spacial score (nSPS) is 10.2. The van der Waals surface area contributed by atoms with Crippen LogP contribution in [0.25, 0.3) is 11.3 Å². The predicted molar refractivity (Wildman–Crippen MR) is 82.4 cm³/mol. The number of benzene rings is 1. The van der Waals surface area contributed by atoms with E-state index in [2.05, 4.69) is 31.2 Å². The van der Waals surface area contributed by atoms with Crippen LogP contribution in [0.15, 0.2) is 29.0 Å². The Labute approximate surface area is 126 Å². The Morgan fingerprint density at radius 1 is 1.20 bits per heavy atom. The Morgan fingerprint density at radius 2 is 2.00 bits per heavy atom. The summed E-state index contributed by atoms with van der Waals surface area (Å²) in [5.41, 5.74) is 1.59. The van der Waals surface area contributed by atoms with Gasteiger partial charge in [-0.3, -0.25) is 4.98 Å². The van der Waals surface area contributed by atoms with E-state index in [4.69, 9.17) is 9.47 Å². The predicted octanol–water partition coefficient (Wildman–Crippen LogP) is 3.36. The van der Waals surface area contributed by atoms with E-state index in [9.17, 15) is 0 Å². The molecule has 0 radical (unpaired) electrons. The van der Waals surface area contributed by atoms with Crippen molar-refractivity contribution < 1.29 is 9.47 Å². The summed E-state index contributed by atoms with van der Waals surface area (Å²) in [7, 11) is 3.23. The van der Waals surface area contributed by atoms with E-state index in [-0.39, 0.29) is 0 Å². The van der Waals surface area contributed by atoms with Gasteiger partial charge in [-0.25, -0.2) is 4.98 Å². The summed E-state index contributed by atoms with van der Waals surface area (Å²) in [6.45, 7) is 2.81. The van der Waals surface area contributed by atoms with E-state index in [1.165, 1.54) is 0 Å². The van der Waals surface area contributed by atoms with Crippen LogP contribution < -0.4 is 14.8 Å². The third-order valence-corrected chi connectivity index (χ3v) is 3.51. The van der Waals surface area contributed by atoms with Crippen LogP contribution in [0.5, 0.6) is 11.5 Å². The van der Waals surface area contributed by atoms with E-state index in [0.717, 1.165) is 28.1 Å². The standard InChI is InChI=1S/C14H16BrN3O2/c1-4-17-12-8-16-7-10(18-12)9-5-6-11(19-2)13(15)14(9)20-3/h5-8H,4H2,1-3H3,(H,17,18). The number of hydrogen-bond acceptors (Lipinski definition) is 5. The lowest BCUT2D eigenvalue weighted by molar-refractivity contribution is 0.390. The van der Waals surface area contributed by atoms with Crippen molar-refractivity contribution in [3.63, 3.8) is 0 Å². The number of halogens is 1. The molecule has 2 aromatic rings. The summed E-state index contributed by atoms with van der Waals surface area (Å²) in [6, 6.07) is 3.77. The zero-order valence-corrected chi connectivity index (χ0v) is 13.2. The summed E-state index contributed by atoms with van der Waals surface area (Å²) in [5.74, 6) is 2.12. The van der Waals surface area contributed by atoms with E-state index in [1.54, 1.807) is 26.6 Å². The van der Waals surface area contributed by atoms with Crippen LogP contribution in [-0.2, 0) is 0 Å². The van der Waals surface area contributed by atoms with Crippen LogP contribution in [0.2, 0.25) is 0 Å². The number of aromatic nitrogens is 2. The third-order valence-electron chi connectivity index (χ3n) is 2.75. The highest BCUT2D eigenvalue weighted by Crippen LogP contribution is 2.41. The van der Waals surface area contributed by atoms with Crippen LogP contribution in [0.3, 0.4) is 0 Å². The van der Waals surface area contributed by atoms with Gasteiger partial charge in [-0.2, -0.15) is 0 Å². The van der Waals surface area contributed by atoms with Gasteiger partial charge in [0.05, 0.1) is 32.3 Å². The van der Waals surface area contributed by atoms with Crippen molar-refractivity contribution in [2.75, 3.05) is 26.1 Å². The lowest BCUT2D eigenvalue weighted by atomic mass is 10.1. The number of nitrogens with one attached hydrogen (secondary N) is 1. The first-order chi connectivity index (χ1) is 9.71.